The van der Waals surface area contributed by atoms with Crippen LogP contribution in [0.1, 0.15) is 33.6 Å². The second kappa shape index (κ2) is 7.64. The first-order chi connectivity index (χ1) is 13.6. The van der Waals surface area contributed by atoms with Gasteiger partial charge in [0, 0.05) is 31.4 Å². The fourth-order valence-electron chi connectivity index (χ4n) is 3.59. The van der Waals surface area contributed by atoms with Crippen LogP contribution in [0, 0.1) is 5.92 Å². The molecule has 2 N–H and O–H groups in total. The summed E-state index contributed by atoms with van der Waals surface area (Å²) in [6, 6.07) is 12.9. The Morgan fingerprint density at radius 2 is 1.89 bits per heavy atom. The number of aromatic nitrogens is 3. The number of rotatable bonds is 4. The molecule has 28 heavy (non-hydrogen) atoms. The number of para-hydroxylation sites is 1. The molecule has 0 bridgehead atoms. The van der Waals surface area contributed by atoms with Gasteiger partial charge in [0.05, 0.1) is 23.0 Å². The summed E-state index contributed by atoms with van der Waals surface area (Å²) in [6.45, 7) is 1.01. The summed E-state index contributed by atoms with van der Waals surface area (Å²) < 4.78 is 1.56. The van der Waals surface area contributed by atoms with E-state index in [0.717, 1.165) is 18.5 Å². The van der Waals surface area contributed by atoms with Gasteiger partial charge in [0.15, 0.2) is 5.78 Å². The first kappa shape index (κ1) is 17.9. The summed E-state index contributed by atoms with van der Waals surface area (Å²) in [5, 5.41) is 4.29. The Morgan fingerprint density at radius 1 is 1.07 bits per heavy atom. The van der Waals surface area contributed by atoms with Crippen molar-refractivity contribution in [2.24, 2.45) is 5.92 Å². The summed E-state index contributed by atoms with van der Waals surface area (Å²) in [7, 11) is 0. The molecule has 0 spiro atoms. The Bertz CT molecular complexity index is 985. The van der Waals surface area contributed by atoms with Crippen LogP contribution in [0.5, 0.6) is 0 Å². The predicted molar refractivity (Wildman–Crippen MR) is 105 cm³/mol. The number of anilines is 1. The molecule has 0 saturated carbocycles. The maximum atomic E-state index is 13.1. The average molecular weight is 375 g/mol. The third-order valence-corrected chi connectivity index (χ3v) is 5.06. The molecule has 7 heteroatoms. The van der Waals surface area contributed by atoms with Gasteiger partial charge in [-0.2, -0.15) is 5.10 Å². The van der Waals surface area contributed by atoms with Gasteiger partial charge in [-0.25, -0.2) is 4.68 Å². The number of pyridine rings is 1. The van der Waals surface area contributed by atoms with Gasteiger partial charge in [-0.05, 0) is 37.1 Å². The average Bonchev–Trinajstić information content (AvgIpc) is 3.15. The lowest BCUT2D eigenvalue weighted by Gasteiger charge is -2.32. The Kier molecular flexibility index (Phi) is 4.89. The van der Waals surface area contributed by atoms with Crippen LogP contribution < -0.4 is 5.73 Å². The van der Waals surface area contributed by atoms with E-state index < -0.39 is 0 Å². The fraction of sp³-hybridized carbons (Fsp3) is 0.238. The lowest BCUT2D eigenvalue weighted by atomic mass is 9.90. The highest BCUT2D eigenvalue weighted by Gasteiger charge is 2.31. The number of likely N-dealkylation sites (tertiary alicyclic amines) is 1. The number of carbonyl (C=O) groups excluding carboxylic acids is 2. The first-order valence-electron chi connectivity index (χ1n) is 9.27. The molecule has 1 fully saturated rings. The quantitative estimate of drug-likeness (QED) is 0.708. The third-order valence-electron chi connectivity index (χ3n) is 5.06. The molecule has 1 aromatic carbocycles. The van der Waals surface area contributed by atoms with Gasteiger partial charge >= 0.3 is 0 Å². The van der Waals surface area contributed by atoms with E-state index in [0.29, 0.717) is 30.0 Å². The van der Waals surface area contributed by atoms with E-state index in [2.05, 4.69) is 10.1 Å². The molecule has 2 aromatic heterocycles. The Hall–Kier alpha value is -3.48. The van der Waals surface area contributed by atoms with Crippen LogP contribution in [0.3, 0.4) is 0 Å². The van der Waals surface area contributed by atoms with Crippen LogP contribution in [0.15, 0.2) is 61.1 Å². The van der Waals surface area contributed by atoms with Gasteiger partial charge in [-0.15, -0.1) is 0 Å². The monoisotopic (exact) mass is 375 g/mol. The lowest BCUT2D eigenvalue weighted by Crippen LogP contribution is -2.42. The minimum Gasteiger partial charge on any atom is -0.383 e. The van der Waals surface area contributed by atoms with Crippen LogP contribution in [-0.2, 0) is 0 Å². The van der Waals surface area contributed by atoms with Gasteiger partial charge in [0.2, 0.25) is 0 Å². The fourth-order valence-corrected chi connectivity index (χ4v) is 3.59. The van der Waals surface area contributed by atoms with Crippen molar-refractivity contribution in [1.82, 2.24) is 19.7 Å². The van der Waals surface area contributed by atoms with Crippen LogP contribution in [0.25, 0.3) is 5.69 Å². The number of hydrogen-bond acceptors (Lipinski definition) is 5. The zero-order valence-corrected chi connectivity index (χ0v) is 15.4. The van der Waals surface area contributed by atoms with Gasteiger partial charge in [0.25, 0.3) is 5.91 Å². The predicted octanol–water partition coefficient (Wildman–Crippen LogP) is 2.58. The maximum absolute atomic E-state index is 13.1. The zero-order chi connectivity index (χ0) is 19.5. The van der Waals surface area contributed by atoms with Crippen LogP contribution in [0.2, 0.25) is 0 Å². The Morgan fingerprint density at radius 3 is 2.64 bits per heavy atom. The summed E-state index contributed by atoms with van der Waals surface area (Å²) in [4.78, 5) is 31.5. The highest BCUT2D eigenvalue weighted by atomic mass is 16.2. The molecular weight excluding hydrogens is 354 g/mol. The summed E-state index contributed by atoms with van der Waals surface area (Å²) in [5.74, 6) is -0.126. The van der Waals surface area contributed by atoms with Gasteiger partial charge in [-0.3, -0.25) is 14.6 Å². The van der Waals surface area contributed by atoms with Crippen molar-refractivity contribution in [3.8, 4) is 5.69 Å². The van der Waals surface area contributed by atoms with Crippen molar-refractivity contribution in [2.45, 2.75) is 12.8 Å². The standard InChI is InChI=1S/C21H21N5O2/c22-20-18(13-24-26(20)17-8-2-1-3-9-17)19(27)16-7-5-11-25(14-16)21(28)15-6-4-10-23-12-15/h1-4,6,8-10,12-13,16H,5,7,11,14,22H2. The Labute approximate surface area is 162 Å². The van der Waals surface area contributed by atoms with Crippen LogP contribution >= 0.6 is 0 Å². The minimum atomic E-state index is -0.287. The van der Waals surface area contributed by atoms with E-state index in [9.17, 15) is 9.59 Å². The number of nitrogens with two attached hydrogens (primary N) is 1. The van der Waals surface area contributed by atoms with Crippen molar-refractivity contribution in [3.63, 3.8) is 0 Å². The number of Topliss-reactive ketones (excluding diaryl/α,β-unsaturated/α-hetero) is 1. The van der Waals surface area contributed by atoms with Gasteiger partial charge in [-0.1, -0.05) is 18.2 Å². The molecular formula is C21H21N5O2. The number of nitrogen functional groups attached to an aromatic ring is 1. The van der Waals surface area contributed by atoms with Crippen molar-refractivity contribution >= 4 is 17.5 Å². The van der Waals surface area contributed by atoms with E-state index in [4.69, 9.17) is 5.73 Å². The molecule has 1 atom stereocenters. The van der Waals surface area contributed by atoms with Crippen molar-refractivity contribution in [3.05, 3.63) is 72.2 Å². The number of ketones is 1. The summed E-state index contributed by atoms with van der Waals surface area (Å²) in [5.41, 5.74) is 7.96. The second-order valence-electron chi connectivity index (χ2n) is 6.89. The smallest absolute Gasteiger partial charge is 0.255 e. The number of nitrogens with zero attached hydrogens (tertiary/aromatic N) is 4. The number of benzene rings is 1. The highest BCUT2D eigenvalue weighted by Crippen LogP contribution is 2.26. The highest BCUT2D eigenvalue weighted by molar-refractivity contribution is 6.02. The number of piperidine rings is 1. The third kappa shape index (κ3) is 3.38. The van der Waals surface area contributed by atoms with E-state index >= 15 is 0 Å². The van der Waals surface area contributed by atoms with Crippen molar-refractivity contribution < 1.29 is 9.59 Å². The molecule has 0 aliphatic carbocycles. The normalized spacial score (nSPS) is 16.7. The van der Waals surface area contributed by atoms with E-state index in [1.165, 1.54) is 6.20 Å². The van der Waals surface area contributed by atoms with Crippen LogP contribution in [0.4, 0.5) is 5.82 Å². The topological polar surface area (TPSA) is 94.1 Å². The minimum absolute atomic E-state index is 0.0663. The molecule has 0 radical (unpaired) electrons. The molecule has 1 aliphatic heterocycles. The largest absolute Gasteiger partial charge is 0.383 e. The van der Waals surface area contributed by atoms with Crippen molar-refractivity contribution in [2.75, 3.05) is 18.8 Å². The van der Waals surface area contributed by atoms with E-state index in [1.807, 2.05) is 30.3 Å². The van der Waals surface area contributed by atoms with Gasteiger partial charge in [0.1, 0.15) is 5.82 Å². The molecule has 142 valence electrons. The molecule has 7 nitrogen and oxygen atoms in total. The first-order valence-corrected chi connectivity index (χ1v) is 9.27. The number of carbonyl (C=O) groups is 2. The zero-order valence-electron chi connectivity index (χ0n) is 15.4. The van der Waals surface area contributed by atoms with Crippen LogP contribution in [-0.4, -0.2) is 44.4 Å². The Balaban J connectivity index is 1.52. The molecule has 1 amide bonds. The van der Waals surface area contributed by atoms with E-state index in [1.54, 1.807) is 34.1 Å². The number of amides is 1. The van der Waals surface area contributed by atoms with Gasteiger partial charge < -0.3 is 10.6 Å². The summed E-state index contributed by atoms with van der Waals surface area (Å²) >= 11 is 0. The molecule has 1 aliphatic rings. The summed E-state index contributed by atoms with van der Waals surface area (Å²) in [6.07, 6.45) is 6.20. The van der Waals surface area contributed by atoms with E-state index in [-0.39, 0.29) is 17.6 Å². The SMILES string of the molecule is Nc1c(C(=O)C2CCCN(C(=O)c3cccnc3)C2)cnn1-c1ccccc1. The molecule has 1 saturated heterocycles. The molecule has 3 heterocycles. The second-order valence-corrected chi connectivity index (χ2v) is 6.89. The van der Waals surface area contributed by atoms with Crippen molar-refractivity contribution in [1.29, 1.82) is 0 Å². The maximum Gasteiger partial charge on any atom is 0.255 e. The molecule has 4 rings (SSSR count). The lowest BCUT2D eigenvalue weighted by molar-refractivity contribution is 0.0637. The number of hydrogen-bond donors (Lipinski definition) is 1. The molecule has 3 aromatic rings. The molecule has 1 unspecified atom stereocenters.